The zero-order valence-electron chi connectivity index (χ0n) is 15.8. The van der Waals surface area contributed by atoms with Gasteiger partial charge in [0.25, 0.3) is 0 Å². The first-order valence-corrected chi connectivity index (χ1v) is 9.60. The van der Waals surface area contributed by atoms with Gasteiger partial charge in [0, 0.05) is 18.3 Å². The molecule has 6 nitrogen and oxygen atoms in total. The Balaban J connectivity index is 1.73. The molecular weight excluding hydrogens is 336 g/mol. The van der Waals surface area contributed by atoms with Crippen molar-refractivity contribution in [3.8, 4) is 6.07 Å². The van der Waals surface area contributed by atoms with Crippen LogP contribution in [0.3, 0.4) is 0 Å². The number of anilines is 3. The number of nitriles is 1. The predicted octanol–water partition coefficient (Wildman–Crippen LogP) is 4.28. The highest BCUT2D eigenvalue weighted by atomic mass is 15.3. The highest BCUT2D eigenvalue weighted by Gasteiger charge is 2.27. The molecule has 0 saturated heterocycles. The Kier molecular flexibility index (Phi) is 4.68. The lowest BCUT2D eigenvalue weighted by molar-refractivity contribution is 0.742. The number of nitrogens with zero attached hydrogens (tertiary/aromatic N) is 4. The average molecular weight is 360 g/mol. The zero-order chi connectivity index (χ0) is 18.8. The maximum atomic E-state index is 9.94. The van der Waals surface area contributed by atoms with Crippen LogP contribution >= 0.6 is 0 Å². The molecule has 0 spiro atoms. The first kappa shape index (κ1) is 17.3. The van der Waals surface area contributed by atoms with Crippen molar-refractivity contribution in [1.29, 1.82) is 5.26 Å². The van der Waals surface area contributed by atoms with Gasteiger partial charge in [0.05, 0.1) is 17.1 Å². The summed E-state index contributed by atoms with van der Waals surface area (Å²) in [5, 5.41) is 16.8. The Morgan fingerprint density at radius 1 is 1.30 bits per heavy atom. The van der Waals surface area contributed by atoms with Crippen LogP contribution in [0, 0.1) is 18.3 Å². The molecule has 2 N–H and O–H groups in total. The number of hydrogen-bond donors (Lipinski definition) is 2. The zero-order valence-corrected chi connectivity index (χ0v) is 15.8. The Bertz CT molecular complexity index is 921. The van der Waals surface area contributed by atoms with Crippen molar-refractivity contribution in [3.63, 3.8) is 0 Å². The number of nitrogens with one attached hydrogen (secondary N) is 2. The van der Waals surface area contributed by atoms with E-state index in [0.29, 0.717) is 23.3 Å². The predicted molar refractivity (Wildman–Crippen MR) is 108 cm³/mol. The average Bonchev–Trinajstić information content (AvgIpc) is 3.29. The molecule has 1 saturated carbocycles. The van der Waals surface area contributed by atoms with Gasteiger partial charge in [-0.1, -0.05) is 25.0 Å². The molecule has 4 rings (SSSR count). The van der Waals surface area contributed by atoms with Gasteiger partial charge in [-0.3, -0.25) is 0 Å². The van der Waals surface area contributed by atoms with Gasteiger partial charge in [0.1, 0.15) is 17.5 Å². The summed E-state index contributed by atoms with van der Waals surface area (Å²) < 4.78 is 0. The molecule has 0 radical (unpaired) electrons. The van der Waals surface area contributed by atoms with E-state index in [1.807, 2.05) is 31.2 Å². The molecule has 1 aromatic heterocycles. The van der Waals surface area contributed by atoms with Crippen molar-refractivity contribution < 1.29 is 0 Å². The van der Waals surface area contributed by atoms with Gasteiger partial charge in [-0.2, -0.15) is 5.26 Å². The molecule has 0 bridgehead atoms. The number of hydrogen-bond acceptors (Lipinski definition) is 6. The third-order valence-electron chi connectivity index (χ3n) is 5.18. The highest BCUT2D eigenvalue weighted by Crippen LogP contribution is 2.38. The van der Waals surface area contributed by atoms with Crippen LogP contribution in [0.5, 0.6) is 0 Å². The van der Waals surface area contributed by atoms with E-state index < -0.39 is 0 Å². The normalized spacial score (nSPS) is 18.0. The molecule has 1 aromatic carbocycles. The number of benzene rings is 1. The number of allylic oxidation sites excluding steroid dienone is 1. The number of aromatic nitrogens is 2. The van der Waals surface area contributed by atoms with Gasteiger partial charge in [-0.05, 0) is 44.9 Å². The minimum absolute atomic E-state index is 0.429. The second-order valence-electron chi connectivity index (χ2n) is 7.07. The van der Waals surface area contributed by atoms with Crippen LogP contribution in [-0.4, -0.2) is 22.6 Å². The van der Waals surface area contributed by atoms with Crippen LogP contribution in [0.25, 0.3) is 5.57 Å². The maximum Gasteiger partial charge on any atom is 0.223 e. The Hall–Kier alpha value is -3.07. The summed E-state index contributed by atoms with van der Waals surface area (Å²) in [4.78, 5) is 11.3. The lowest BCUT2D eigenvalue weighted by Crippen LogP contribution is -2.22. The number of para-hydroxylation sites is 2. The van der Waals surface area contributed by atoms with Crippen molar-refractivity contribution in [2.45, 2.75) is 45.6 Å². The van der Waals surface area contributed by atoms with E-state index in [2.05, 4.69) is 44.6 Å². The number of aryl methyl sites for hydroxylation is 1. The molecule has 2 aromatic rings. The third-order valence-corrected chi connectivity index (χ3v) is 5.18. The fourth-order valence-electron chi connectivity index (χ4n) is 3.90. The number of rotatable bonds is 4. The summed E-state index contributed by atoms with van der Waals surface area (Å²) in [5.74, 6) is 1.40. The van der Waals surface area contributed by atoms with Crippen molar-refractivity contribution >= 4 is 22.9 Å². The fourth-order valence-corrected chi connectivity index (χ4v) is 3.90. The summed E-state index contributed by atoms with van der Waals surface area (Å²) in [6.45, 7) is 4.79. The Morgan fingerprint density at radius 2 is 2.07 bits per heavy atom. The Labute approximate surface area is 159 Å². The molecule has 138 valence electrons. The third kappa shape index (κ3) is 3.33. The van der Waals surface area contributed by atoms with Crippen LogP contribution in [0.2, 0.25) is 0 Å². The molecule has 0 atom stereocenters. The van der Waals surface area contributed by atoms with Crippen LogP contribution < -0.4 is 15.5 Å². The van der Waals surface area contributed by atoms with Crippen molar-refractivity contribution in [1.82, 2.24) is 9.97 Å². The molecule has 1 fully saturated rings. The quantitative estimate of drug-likeness (QED) is 0.793. The molecule has 27 heavy (non-hydrogen) atoms. The lowest BCUT2D eigenvalue weighted by Gasteiger charge is -2.19. The SMILES string of the molecule is CCN1/C(=C(\C#N)c2cc(C)nc(NC3CCCC3)n2)Nc2ccccc21. The van der Waals surface area contributed by atoms with E-state index in [4.69, 9.17) is 0 Å². The molecule has 0 amide bonds. The van der Waals surface area contributed by atoms with Gasteiger partial charge >= 0.3 is 0 Å². The van der Waals surface area contributed by atoms with Crippen LogP contribution in [-0.2, 0) is 0 Å². The minimum Gasteiger partial charge on any atom is -0.351 e. The van der Waals surface area contributed by atoms with Gasteiger partial charge in [-0.15, -0.1) is 0 Å². The molecule has 1 aliphatic heterocycles. The van der Waals surface area contributed by atoms with Crippen LogP contribution in [0.1, 0.15) is 44.0 Å². The van der Waals surface area contributed by atoms with E-state index >= 15 is 0 Å². The van der Waals surface area contributed by atoms with E-state index in [0.717, 1.165) is 42.3 Å². The summed E-state index contributed by atoms with van der Waals surface area (Å²) in [6.07, 6.45) is 4.80. The van der Waals surface area contributed by atoms with Gasteiger partial charge in [0.2, 0.25) is 5.95 Å². The highest BCUT2D eigenvalue weighted by molar-refractivity contribution is 5.90. The number of fused-ring (bicyclic) bond motifs is 1. The molecule has 0 unspecified atom stereocenters. The summed E-state index contributed by atoms with van der Waals surface area (Å²) in [6, 6.07) is 12.8. The first-order chi connectivity index (χ1) is 13.2. The summed E-state index contributed by atoms with van der Waals surface area (Å²) in [5.41, 5.74) is 4.13. The fraction of sp³-hybridized carbons (Fsp3) is 0.381. The maximum absolute atomic E-state index is 9.94. The molecule has 6 heteroatoms. The second kappa shape index (κ2) is 7.28. The smallest absolute Gasteiger partial charge is 0.223 e. The van der Waals surface area contributed by atoms with Crippen LogP contribution in [0.15, 0.2) is 36.2 Å². The van der Waals surface area contributed by atoms with Crippen molar-refractivity contribution in [2.24, 2.45) is 0 Å². The van der Waals surface area contributed by atoms with E-state index in [9.17, 15) is 5.26 Å². The van der Waals surface area contributed by atoms with E-state index in [-0.39, 0.29) is 0 Å². The van der Waals surface area contributed by atoms with E-state index in [1.165, 1.54) is 12.8 Å². The largest absolute Gasteiger partial charge is 0.351 e. The second-order valence-corrected chi connectivity index (χ2v) is 7.07. The van der Waals surface area contributed by atoms with Crippen molar-refractivity contribution in [3.05, 3.63) is 47.5 Å². The first-order valence-electron chi connectivity index (χ1n) is 9.60. The standard InChI is InChI=1S/C21H24N6/c1-3-27-19-11-7-6-10-17(19)25-20(27)16(13-22)18-12-14(2)23-21(26-18)24-15-8-4-5-9-15/h6-7,10-12,15,25H,3-5,8-9H2,1-2H3,(H,23,24,26)/b20-16+. The summed E-state index contributed by atoms with van der Waals surface area (Å²) in [7, 11) is 0. The molecule has 2 aliphatic rings. The summed E-state index contributed by atoms with van der Waals surface area (Å²) >= 11 is 0. The molecule has 1 aliphatic carbocycles. The Morgan fingerprint density at radius 3 is 2.81 bits per heavy atom. The molecule has 2 heterocycles. The van der Waals surface area contributed by atoms with E-state index in [1.54, 1.807) is 0 Å². The van der Waals surface area contributed by atoms with Crippen LogP contribution in [0.4, 0.5) is 17.3 Å². The minimum atomic E-state index is 0.429. The van der Waals surface area contributed by atoms with Gasteiger partial charge < -0.3 is 15.5 Å². The monoisotopic (exact) mass is 360 g/mol. The topological polar surface area (TPSA) is 76.9 Å². The molecular formula is C21H24N6. The van der Waals surface area contributed by atoms with Gasteiger partial charge in [0.15, 0.2) is 0 Å². The lowest BCUT2D eigenvalue weighted by atomic mass is 10.1. The van der Waals surface area contributed by atoms with Crippen molar-refractivity contribution in [2.75, 3.05) is 22.1 Å². The van der Waals surface area contributed by atoms with Gasteiger partial charge in [-0.25, -0.2) is 9.97 Å².